The lowest BCUT2D eigenvalue weighted by molar-refractivity contribution is -0.204. The van der Waals surface area contributed by atoms with Crippen LogP contribution in [0.1, 0.15) is 71.1 Å². The molecule has 24 heavy (non-hydrogen) atoms. The Bertz CT molecular complexity index is 419. The van der Waals surface area contributed by atoms with E-state index in [0.29, 0.717) is 25.0 Å². The van der Waals surface area contributed by atoms with Crippen molar-refractivity contribution >= 4 is 5.97 Å². The number of rotatable bonds is 15. The molecule has 0 spiro atoms. The van der Waals surface area contributed by atoms with E-state index >= 15 is 0 Å². The van der Waals surface area contributed by atoms with Gasteiger partial charge in [-0.05, 0) is 44.6 Å². The summed E-state index contributed by atoms with van der Waals surface area (Å²) in [7, 11) is 0. The number of carboxylic acids is 1. The van der Waals surface area contributed by atoms with Crippen molar-refractivity contribution < 1.29 is 20.0 Å². The Hall–Kier alpha value is -1.81. The third kappa shape index (κ3) is 16.6. The van der Waals surface area contributed by atoms with Crippen LogP contribution in [-0.4, -0.2) is 16.3 Å². The Morgan fingerprint density at radius 2 is 1.58 bits per heavy atom. The molecule has 4 nitrogen and oxygen atoms in total. The van der Waals surface area contributed by atoms with E-state index in [1.165, 1.54) is 25.7 Å². The minimum atomic E-state index is -0.808. The largest absolute Gasteiger partial charge is 0.481 e. The van der Waals surface area contributed by atoms with Gasteiger partial charge in [-0.15, -0.1) is 0 Å². The first-order valence-electron chi connectivity index (χ1n) is 8.88. The van der Waals surface area contributed by atoms with Crippen LogP contribution in [0.2, 0.25) is 0 Å². The van der Waals surface area contributed by atoms with Crippen LogP contribution < -0.4 is 0 Å². The van der Waals surface area contributed by atoms with Crippen molar-refractivity contribution in [2.75, 3.05) is 0 Å². The summed E-state index contributed by atoms with van der Waals surface area (Å²) in [5, 5.41) is 17.3. The van der Waals surface area contributed by atoms with E-state index in [1.54, 1.807) is 6.08 Å². The SMILES string of the molecule is CCCCC/C=C\C/C=C\C/C=C\C/C(=C/CCCC(=O)O)OO. The van der Waals surface area contributed by atoms with Crippen LogP contribution in [-0.2, 0) is 9.68 Å². The molecular formula is C20H32O4. The summed E-state index contributed by atoms with van der Waals surface area (Å²) in [4.78, 5) is 14.7. The van der Waals surface area contributed by atoms with Gasteiger partial charge < -0.3 is 9.99 Å². The normalized spacial score (nSPS) is 12.7. The molecule has 4 heteroatoms. The van der Waals surface area contributed by atoms with Crippen LogP contribution in [0.5, 0.6) is 0 Å². The summed E-state index contributed by atoms with van der Waals surface area (Å²) >= 11 is 0. The van der Waals surface area contributed by atoms with Gasteiger partial charge in [0.15, 0.2) is 0 Å². The molecule has 0 heterocycles. The predicted molar refractivity (Wildman–Crippen MR) is 98.7 cm³/mol. The molecule has 0 aliphatic heterocycles. The van der Waals surface area contributed by atoms with Gasteiger partial charge in [0.1, 0.15) is 5.76 Å². The third-order valence-electron chi connectivity index (χ3n) is 3.42. The molecule has 0 bridgehead atoms. The van der Waals surface area contributed by atoms with Gasteiger partial charge >= 0.3 is 5.97 Å². The lowest BCUT2D eigenvalue weighted by Crippen LogP contribution is -1.93. The van der Waals surface area contributed by atoms with Crippen molar-refractivity contribution in [2.45, 2.75) is 71.1 Å². The van der Waals surface area contributed by atoms with Crippen molar-refractivity contribution in [3.63, 3.8) is 0 Å². The van der Waals surface area contributed by atoms with E-state index in [4.69, 9.17) is 10.4 Å². The standard InChI is InChI=1S/C20H32O4/c1-2-3-4-5-6-7-8-9-10-11-12-13-16-19(24-23)17-14-15-18-20(21)22/h6-7,9-10,12-13,17,23H,2-5,8,11,14-16,18H2,1H3,(H,21,22)/b7-6-,10-9-,13-12-,19-17-. The van der Waals surface area contributed by atoms with E-state index in [0.717, 1.165) is 12.8 Å². The maximum absolute atomic E-state index is 10.4. The summed E-state index contributed by atoms with van der Waals surface area (Å²) in [6.45, 7) is 2.21. The van der Waals surface area contributed by atoms with Crippen LogP contribution in [0.25, 0.3) is 0 Å². The first-order valence-corrected chi connectivity index (χ1v) is 8.88. The molecule has 2 N–H and O–H groups in total. The van der Waals surface area contributed by atoms with Gasteiger partial charge in [-0.1, -0.05) is 56.2 Å². The van der Waals surface area contributed by atoms with Crippen molar-refractivity contribution in [1.29, 1.82) is 0 Å². The predicted octanol–water partition coefficient (Wildman–Crippen LogP) is 6.03. The van der Waals surface area contributed by atoms with Gasteiger partial charge in [0.25, 0.3) is 0 Å². The van der Waals surface area contributed by atoms with Crippen molar-refractivity contribution in [1.82, 2.24) is 0 Å². The fourth-order valence-electron chi connectivity index (χ4n) is 2.05. The smallest absolute Gasteiger partial charge is 0.303 e. The zero-order valence-electron chi connectivity index (χ0n) is 14.8. The number of unbranched alkanes of at least 4 members (excludes halogenated alkanes) is 4. The van der Waals surface area contributed by atoms with Gasteiger partial charge in [0.2, 0.25) is 0 Å². The van der Waals surface area contributed by atoms with E-state index in [9.17, 15) is 4.79 Å². The molecule has 0 aliphatic rings. The number of aliphatic carboxylic acids is 1. The van der Waals surface area contributed by atoms with E-state index in [-0.39, 0.29) is 6.42 Å². The maximum atomic E-state index is 10.4. The molecule has 0 saturated heterocycles. The summed E-state index contributed by atoms with van der Waals surface area (Å²) < 4.78 is 0. The van der Waals surface area contributed by atoms with Crippen molar-refractivity contribution in [2.24, 2.45) is 0 Å². The summed E-state index contributed by atoms with van der Waals surface area (Å²) in [6, 6.07) is 0. The Kier molecular flexibility index (Phi) is 16.2. The molecule has 0 fully saturated rings. The Labute approximate surface area is 146 Å². The number of allylic oxidation sites excluding steroid dienone is 7. The zero-order valence-corrected chi connectivity index (χ0v) is 14.8. The van der Waals surface area contributed by atoms with Crippen molar-refractivity contribution in [3.05, 3.63) is 48.3 Å². The highest BCUT2D eigenvalue weighted by Gasteiger charge is 1.97. The van der Waals surface area contributed by atoms with Crippen LogP contribution in [0.4, 0.5) is 0 Å². The summed E-state index contributed by atoms with van der Waals surface area (Å²) in [6.07, 6.45) is 23.0. The zero-order chi connectivity index (χ0) is 17.9. The van der Waals surface area contributed by atoms with Gasteiger partial charge in [-0.3, -0.25) is 4.79 Å². The molecule has 0 aromatic rings. The lowest BCUT2D eigenvalue weighted by Gasteiger charge is -1.99. The number of hydrogen-bond acceptors (Lipinski definition) is 3. The van der Waals surface area contributed by atoms with Gasteiger partial charge in [-0.25, -0.2) is 5.26 Å². The molecule has 0 atom stereocenters. The van der Waals surface area contributed by atoms with Crippen LogP contribution in [0, 0.1) is 0 Å². The maximum Gasteiger partial charge on any atom is 0.303 e. The highest BCUT2D eigenvalue weighted by molar-refractivity contribution is 5.66. The lowest BCUT2D eigenvalue weighted by atomic mass is 10.2. The van der Waals surface area contributed by atoms with Crippen LogP contribution >= 0.6 is 0 Å². The molecule has 0 saturated carbocycles. The molecule has 0 aromatic heterocycles. The van der Waals surface area contributed by atoms with Crippen LogP contribution in [0.3, 0.4) is 0 Å². The second kappa shape index (κ2) is 17.5. The van der Waals surface area contributed by atoms with E-state index in [1.807, 2.05) is 12.2 Å². The Balaban J connectivity index is 3.75. The number of carbonyl (C=O) groups is 1. The minimum Gasteiger partial charge on any atom is -0.481 e. The first-order chi connectivity index (χ1) is 11.7. The average molecular weight is 336 g/mol. The Morgan fingerprint density at radius 3 is 2.21 bits per heavy atom. The quantitative estimate of drug-likeness (QED) is 0.126. The second-order valence-electron chi connectivity index (χ2n) is 5.63. The minimum absolute atomic E-state index is 0.128. The van der Waals surface area contributed by atoms with E-state index < -0.39 is 5.97 Å². The molecule has 0 amide bonds. The highest BCUT2D eigenvalue weighted by atomic mass is 17.1. The average Bonchev–Trinajstić information content (AvgIpc) is 2.57. The monoisotopic (exact) mass is 336 g/mol. The van der Waals surface area contributed by atoms with Crippen molar-refractivity contribution in [3.8, 4) is 0 Å². The molecule has 0 radical (unpaired) electrons. The van der Waals surface area contributed by atoms with Gasteiger partial charge in [0.05, 0.1) is 0 Å². The molecule has 136 valence electrons. The molecule has 0 aromatic carbocycles. The summed E-state index contributed by atoms with van der Waals surface area (Å²) in [5.41, 5.74) is 0. The first kappa shape index (κ1) is 22.2. The second-order valence-corrected chi connectivity index (χ2v) is 5.63. The molecular weight excluding hydrogens is 304 g/mol. The summed E-state index contributed by atoms with van der Waals surface area (Å²) in [5.74, 6) is -0.354. The number of hydrogen-bond donors (Lipinski definition) is 2. The molecule has 0 unspecified atom stereocenters. The fourth-order valence-corrected chi connectivity index (χ4v) is 2.05. The fraction of sp³-hybridized carbons (Fsp3) is 0.550. The molecule has 0 rings (SSSR count). The van der Waals surface area contributed by atoms with Crippen LogP contribution in [0.15, 0.2) is 48.3 Å². The number of carboxylic acid groups (broad SMARTS) is 1. The van der Waals surface area contributed by atoms with Gasteiger partial charge in [0, 0.05) is 12.8 Å². The third-order valence-corrected chi connectivity index (χ3v) is 3.42. The van der Waals surface area contributed by atoms with E-state index in [2.05, 4.69) is 36.1 Å². The molecule has 0 aliphatic carbocycles. The topological polar surface area (TPSA) is 66.8 Å². The highest BCUT2D eigenvalue weighted by Crippen LogP contribution is 2.08. The Morgan fingerprint density at radius 1 is 0.917 bits per heavy atom. The van der Waals surface area contributed by atoms with Gasteiger partial charge in [-0.2, -0.15) is 0 Å².